The Bertz CT molecular complexity index is 454. The molecule has 1 aliphatic heterocycles. The van der Waals surface area contributed by atoms with Gasteiger partial charge >= 0.3 is 0 Å². The molecular weight excluding hydrogens is 222 g/mol. The molecule has 7 heteroatoms. The van der Waals surface area contributed by atoms with Crippen LogP contribution >= 0.6 is 0 Å². The van der Waals surface area contributed by atoms with E-state index >= 15 is 0 Å². The molecule has 0 saturated carbocycles. The summed E-state index contributed by atoms with van der Waals surface area (Å²) in [6, 6.07) is -0.416. The van der Waals surface area contributed by atoms with E-state index in [9.17, 15) is 9.59 Å². The van der Waals surface area contributed by atoms with Gasteiger partial charge in [0.15, 0.2) is 0 Å². The number of carbonyl (C=O) groups excluding carboxylic acids is 2. The van der Waals surface area contributed by atoms with E-state index in [1.165, 1.54) is 0 Å². The summed E-state index contributed by atoms with van der Waals surface area (Å²) in [5.74, 6) is 0.269. The third-order valence-corrected chi connectivity index (χ3v) is 2.83. The van der Waals surface area contributed by atoms with Gasteiger partial charge in [-0.25, -0.2) is 0 Å². The third kappa shape index (κ3) is 2.38. The fourth-order valence-corrected chi connectivity index (χ4v) is 1.74. The van der Waals surface area contributed by atoms with Crippen molar-refractivity contribution < 1.29 is 9.59 Å². The predicted molar refractivity (Wildman–Crippen MR) is 60.6 cm³/mol. The lowest BCUT2D eigenvalue weighted by Gasteiger charge is -2.10. The Morgan fingerprint density at radius 3 is 3.06 bits per heavy atom. The molecule has 0 aliphatic carbocycles. The van der Waals surface area contributed by atoms with Crippen LogP contribution in [0.4, 0.5) is 5.82 Å². The van der Waals surface area contributed by atoms with E-state index in [1.807, 2.05) is 0 Å². The molecule has 2 rings (SSSR count). The van der Waals surface area contributed by atoms with Crippen molar-refractivity contribution in [3.05, 3.63) is 11.8 Å². The van der Waals surface area contributed by atoms with Crippen LogP contribution in [0.1, 0.15) is 18.4 Å². The number of aromatic nitrogens is 2. The normalized spacial score (nSPS) is 19.1. The zero-order valence-corrected chi connectivity index (χ0v) is 9.56. The van der Waals surface area contributed by atoms with Gasteiger partial charge in [-0.15, -0.1) is 0 Å². The fourth-order valence-electron chi connectivity index (χ4n) is 1.74. The lowest BCUT2D eigenvalue weighted by Crippen LogP contribution is -2.41. The lowest BCUT2D eigenvalue weighted by molar-refractivity contribution is -0.125. The van der Waals surface area contributed by atoms with Crippen LogP contribution in [0, 0.1) is 0 Å². The van der Waals surface area contributed by atoms with Crippen LogP contribution in [-0.2, 0) is 23.2 Å². The largest absolute Gasteiger partial charge is 0.384 e. The minimum Gasteiger partial charge on any atom is -0.384 e. The van der Waals surface area contributed by atoms with Crippen molar-refractivity contribution in [2.45, 2.75) is 25.4 Å². The number of rotatable bonds is 3. The molecule has 7 nitrogen and oxygen atoms in total. The van der Waals surface area contributed by atoms with E-state index in [1.54, 1.807) is 17.9 Å². The van der Waals surface area contributed by atoms with Gasteiger partial charge in [0.25, 0.3) is 0 Å². The molecule has 0 aromatic carbocycles. The Morgan fingerprint density at radius 1 is 1.76 bits per heavy atom. The fraction of sp³-hybridized carbons (Fsp3) is 0.500. The first-order valence-corrected chi connectivity index (χ1v) is 5.41. The van der Waals surface area contributed by atoms with Crippen LogP contribution < -0.4 is 16.4 Å². The molecule has 2 heterocycles. The second kappa shape index (κ2) is 4.44. The molecule has 92 valence electrons. The molecule has 4 N–H and O–H groups in total. The van der Waals surface area contributed by atoms with Crippen LogP contribution in [0.2, 0.25) is 0 Å². The summed E-state index contributed by atoms with van der Waals surface area (Å²) in [7, 11) is 1.73. The Hall–Kier alpha value is -2.05. The minimum atomic E-state index is -0.416. The Balaban J connectivity index is 1.88. The SMILES string of the molecule is Cn1ncc(CNC(=O)[C@@H]2CCC(=O)N2)c1N. The number of amides is 2. The molecule has 1 aromatic rings. The summed E-state index contributed by atoms with van der Waals surface area (Å²) >= 11 is 0. The third-order valence-electron chi connectivity index (χ3n) is 2.83. The molecule has 1 atom stereocenters. The van der Waals surface area contributed by atoms with Crippen molar-refractivity contribution in [1.29, 1.82) is 0 Å². The molecule has 0 bridgehead atoms. The van der Waals surface area contributed by atoms with Crippen molar-refractivity contribution >= 4 is 17.6 Å². The van der Waals surface area contributed by atoms with E-state index < -0.39 is 6.04 Å². The second-order valence-electron chi connectivity index (χ2n) is 4.06. The van der Waals surface area contributed by atoms with Crippen LogP contribution in [0.25, 0.3) is 0 Å². The topological polar surface area (TPSA) is 102 Å². The number of anilines is 1. The summed E-state index contributed by atoms with van der Waals surface area (Å²) in [4.78, 5) is 22.7. The number of aryl methyl sites for hydroxylation is 1. The summed E-state index contributed by atoms with van der Waals surface area (Å²) in [6.07, 6.45) is 2.57. The summed E-state index contributed by atoms with van der Waals surface area (Å²) < 4.78 is 1.54. The highest BCUT2D eigenvalue weighted by Crippen LogP contribution is 2.10. The van der Waals surface area contributed by atoms with E-state index in [-0.39, 0.29) is 11.8 Å². The zero-order chi connectivity index (χ0) is 12.4. The molecule has 0 spiro atoms. The van der Waals surface area contributed by atoms with Crippen LogP contribution in [-0.4, -0.2) is 27.6 Å². The van der Waals surface area contributed by atoms with Crippen LogP contribution in [0.15, 0.2) is 6.20 Å². The van der Waals surface area contributed by atoms with Gasteiger partial charge in [-0.3, -0.25) is 14.3 Å². The number of carbonyl (C=O) groups is 2. The van der Waals surface area contributed by atoms with E-state index in [0.29, 0.717) is 25.2 Å². The number of hydrogen-bond donors (Lipinski definition) is 3. The molecular formula is C10H15N5O2. The molecule has 1 saturated heterocycles. The standard InChI is InChI=1S/C10H15N5O2/c1-15-9(11)6(5-13-15)4-12-10(17)7-2-3-8(16)14-7/h5,7H,2-4,11H2,1H3,(H,12,17)(H,14,16)/t7-/m0/s1. The first-order valence-electron chi connectivity index (χ1n) is 5.41. The average molecular weight is 237 g/mol. The van der Waals surface area contributed by atoms with Crippen molar-refractivity contribution in [3.63, 3.8) is 0 Å². The molecule has 2 amide bonds. The van der Waals surface area contributed by atoms with Crippen LogP contribution in [0.3, 0.4) is 0 Å². The molecule has 1 aromatic heterocycles. The Kier molecular flexibility index (Phi) is 2.99. The minimum absolute atomic E-state index is 0.0777. The quantitative estimate of drug-likeness (QED) is 0.620. The van der Waals surface area contributed by atoms with Crippen molar-refractivity contribution in [2.24, 2.45) is 7.05 Å². The first kappa shape index (κ1) is 11.4. The smallest absolute Gasteiger partial charge is 0.242 e. The van der Waals surface area contributed by atoms with E-state index in [0.717, 1.165) is 5.56 Å². The first-order chi connectivity index (χ1) is 8.08. The van der Waals surface area contributed by atoms with Gasteiger partial charge in [-0.05, 0) is 6.42 Å². The lowest BCUT2D eigenvalue weighted by atomic mass is 10.2. The number of nitrogens with one attached hydrogen (secondary N) is 2. The number of nitrogens with two attached hydrogens (primary N) is 1. The predicted octanol–water partition coefficient (Wildman–Crippen LogP) is -1.10. The molecule has 0 unspecified atom stereocenters. The molecule has 17 heavy (non-hydrogen) atoms. The number of hydrogen-bond acceptors (Lipinski definition) is 4. The van der Waals surface area contributed by atoms with Crippen molar-refractivity contribution in [1.82, 2.24) is 20.4 Å². The Labute approximate surface area is 98.4 Å². The highest BCUT2D eigenvalue weighted by Gasteiger charge is 2.26. The maximum absolute atomic E-state index is 11.7. The van der Waals surface area contributed by atoms with Gasteiger partial charge in [0.2, 0.25) is 11.8 Å². The number of nitrogen functional groups attached to an aromatic ring is 1. The van der Waals surface area contributed by atoms with E-state index in [4.69, 9.17) is 5.73 Å². The highest BCUT2D eigenvalue weighted by atomic mass is 16.2. The zero-order valence-electron chi connectivity index (χ0n) is 9.56. The maximum Gasteiger partial charge on any atom is 0.242 e. The summed E-state index contributed by atoms with van der Waals surface area (Å²) in [5, 5.41) is 9.31. The average Bonchev–Trinajstić information content (AvgIpc) is 2.86. The van der Waals surface area contributed by atoms with Gasteiger partial charge in [-0.2, -0.15) is 5.10 Å². The van der Waals surface area contributed by atoms with Gasteiger partial charge in [0.05, 0.1) is 6.20 Å². The van der Waals surface area contributed by atoms with Gasteiger partial charge in [-0.1, -0.05) is 0 Å². The van der Waals surface area contributed by atoms with Gasteiger partial charge < -0.3 is 16.4 Å². The maximum atomic E-state index is 11.7. The Morgan fingerprint density at radius 2 is 2.53 bits per heavy atom. The van der Waals surface area contributed by atoms with Crippen molar-refractivity contribution in [3.8, 4) is 0 Å². The summed E-state index contributed by atoms with van der Waals surface area (Å²) in [6.45, 7) is 0.324. The monoisotopic (exact) mass is 237 g/mol. The van der Waals surface area contributed by atoms with Crippen LogP contribution in [0.5, 0.6) is 0 Å². The highest BCUT2D eigenvalue weighted by molar-refractivity contribution is 5.90. The molecule has 0 radical (unpaired) electrons. The summed E-state index contributed by atoms with van der Waals surface area (Å²) in [5.41, 5.74) is 6.51. The second-order valence-corrected chi connectivity index (χ2v) is 4.06. The molecule has 1 aliphatic rings. The van der Waals surface area contributed by atoms with Crippen molar-refractivity contribution in [2.75, 3.05) is 5.73 Å². The molecule has 1 fully saturated rings. The van der Waals surface area contributed by atoms with Gasteiger partial charge in [0.1, 0.15) is 11.9 Å². The van der Waals surface area contributed by atoms with Gasteiger partial charge in [0, 0.05) is 25.6 Å². The van der Waals surface area contributed by atoms with E-state index in [2.05, 4.69) is 15.7 Å². The number of nitrogens with zero attached hydrogens (tertiary/aromatic N) is 2.